The molecule has 3 aromatic rings. The summed E-state index contributed by atoms with van der Waals surface area (Å²) < 4.78 is 8.35. The number of hydrogen-bond acceptors (Lipinski definition) is 5. The Morgan fingerprint density at radius 2 is 1.69 bits per heavy atom. The van der Waals surface area contributed by atoms with Crippen LogP contribution in [0.1, 0.15) is 17.2 Å². The van der Waals surface area contributed by atoms with Gasteiger partial charge in [0.1, 0.15) is 11.3 Å². The molecular weight excluding hydrogens is 334 g/mol. The second-order valence-corrected chi connectivity index (χ2v) is 6.19. The molecule has 0 spiro atoms. The third-order valence-electron chi connectivity index (χ3n) is 4.55. The van der Waals surface area contributed by atoms with E-state index in [1.807, 2.05) is 18.2 Å². The lowest BCUT2D eigenvalue weighted by molar-refractivity contribution is 0.420. The number of nitrogens with zero attached hydrogens (tertiary/aromatic N) is 2. The molecule has 2 N–H and O–H groups in total. The average molecular weight is 351 g/mol. The van der Waals surface area contributed by atoms with Gasteiger partial charge in [-0.1, -0.05) is 24.3 Å². The molecule has 7 heteroatoms. The van der Waals surface area contributed by atoms with Crippen molar-refractivity contribution in [2.45, 2.75) is 6.04 Å². The molecule has 0 radical (unpaired) electrons. The fourth-order valence-corrected chi connectivity index (χ4v) is 3.15. The third kappa shape index (κ3) is 2.36. The number of rotatable bonds is 1. The van der Waals surface area contributed by atoms with Crippen molar-refractivity contribution in [2.75, 3.05) is 5.32 Å². The summed E-state index contributed by atoms with van der Waals surface area (Å²) in [5.74, 6) is 0.861. The molecule has 2 aromatic carbocycles. The Morgan fingerprint density at radius 3 is 2.42 bits per heavy atom. The number of phenols is 1. The van der Waals surface area contributed by atoms with Gasteiger partial charge in [0, 0.05) is 14.1 Å². The van der Waals surface area contributed by atoms with Crippen molar-refractivity contribution < 1.29 is 9.84 Å². The third-order valence-corrected chi connectivity index (χ3v) is 4.55. The maximum Gasteiger partial charge on any atom is 0.333 e. The van der Waals surface area contributed by atoms with Crippen LogP contribution in [0.25, 0.3) is 0 Å². The average Bonchev–Trinajstić information content (AvgIpc) is 2.82. The Kier molecular flexibility index (Phi) is 3.57. The molecule has 2 heterocycles. The van der Waals surface area contributed by atoms with Crippen molar-refractivity contribution in [3.8, 4) is 17.4 Å². The zero-order chi connectivity index (χ0) is 18.4. The Hall–Kier alpha value is -3.48. The van der Waals surface area contributed by atoms with Gasteiger partial charge in [-0.15, -0.1) is 0 Å². The van der Waals surface area contributed by atoms with Crippen LogP contribution in [0, 0.1) is 0 Å². The molecule has 0 fully saturated rings. The van der Waals surface area contributed by atoms with E-state index in [1.54, 1.807) is 37.4 Å². The molecular formula is C19H17N3O4. The summed E-state index contributed by atoms with van der Waals surface area (Å²) in [7, 11) is 3.01. The van der Waals surface area contributed by atoms with E-state index in [2.05, 4.69) is 5.32 Å². The summed E-state index contributed by atoms with van der Waals surface area (Å²) in [5.41, 5.74) is 0.909. The first-order valence-electron chi connectivity index (χ1n) is 8.09. The standard InChI is InChI=1S/C19H17N3O4/c1-21-17(24)15-16(11-7-9-12(23)10-8-11)20-13-5-3-4-6-14(13)26-18(15)22(2)19(21)25/h3-10,16,20,23H,1-2H3/t16-/m1/s1. The highest BCUT2D eigenvalue weighted by Crippen LogP contribution is 2.40. The zero-order valence-electron chi connectivity index (χ0n) is 14.3. The van der Waals surface area contributed by atoms with Crippen LogP contribution in [-0.2, 0) is 14.1 Å². The fourth-order valence-electron chi connectivity index (χ4n) is 3.15. The molecule has 1 aliphatic heterocycles. The molecule has 132 valence electrons. The number of hydrogen-bond donors (Lipinski definition) is 2. The number of aromatic hydroxyl groups is 1. The van der Waals surface area contributed by atoms with Gasteiger partial charge in [0.25, 0.3) is 5.56 Å². The van der Waals surface area contributed by atoms with Crippen LogP contribution in [0.15, 0.2) is 58.1 Å². The number of ether oxygens (including phenoxy) is 1. The van der Waals surface area contributed by atoms with Crippen molar-refractivity contribution in [3.63, 3.8) is 0 Å². The maximum atomic E-state index is 12.9. The summed E-state index contributed by atoms with van der Waals surface area (Å²) in [4.78, 5) is 25.3. The van der Waals surface area contributed by atoms with E-state index in [9.17, 15) is 14.7 Å². The topological polar surface area (TPSA) is 85.5 Å². The fraction of sp³-hybridized carbons (Fsp3) is 0.158. The number of anilines is 1. The molecule has 1 atom stereocenters. The largest absolute Gasteiger partial charge is 0.508 e. The quantitative estimate of drug-likeness (QED) is 0.701. The Labute approximate surface area is 148 Å². The summed E-state index contributed by atoms with van der Waals surface area (Å²) in [6, 6.07) is 13.3. The molecule has 0 aliphatic carbocycles. The molecule has 0 saturated carbocycles. The number of fused-ring (bicyclic) bond motifs is 2. The maximum absolute atomic E-state index is 12.9. The van der Waals surface area contributed by atoms with Crippen molar-refractivity contribution in [2.24, 2.45) is 14.1 Å². The monoisotopic (exact) mass is 351 g/mol. The van der Waals surface area contributed by atoms with Crippen molar-refractivity contribution >= 4 is 5.69 Å². The molecule has 0 amide bonds. The van der Waals surface area contributed by atoms with Gasteiger partial charge in [0.05, 0.1) is 11.7 Å². The van der Waals surface area contributed by atoms with Gasteiger partial charge in [0.2, 0.25) is 5.88 Å². The van der Waals surface area contributed by atoms with Crippen molar-refractivity contribution in [1.29, 1.82) is 0 Å². The number of nitrogens with one attached hydrogen (secondary N) is 1. The van der Waals surface area contributed by atoms with Crippen LogP contribution in [-0.4, -0.2) is 14.2 Å². The first-order valence-corrected chi connectivity index (χ1v) is 8.09. The van der Waals surface area contributed by atoms with E-state index >= 15 is 0 Å². The van der Waals surface area contributed by atoms with Gasteiger partial charge in [-0.25, -0.2) is 4.79 Å². The predicted molar refractivity (Wildman–Crippen MR) is 97.0 cm³/mol. The van der Waals surface area contributed by atoms with Crippen LogP contribution < -0.4 is 21.3 Å². The molecule has 0 saturated heterocycles. The van der Waals surface area contributed by atoms with Crippen LogP contribution in [0.2, 0.25) is 0 Å². The van der Waals surface area contributed by atoms with E-state index in [1.165, 1.54) is 11.6 Å². The molecule has 1 aromatic heterocycles. The smallest absolute Gasteiger partial charge is 0.333 e. The first-order chi connectivity index (χ1) is 12.5. The van der Waals surface area contributed by atoms with E-state index in [-0.39, 0.29) is 11.6 Å². The van der Waals surface area contributed by atoms with E-state index < -0.39 is 17.3 Å². The van der Waals surface area contributed by atoms with E-state index in [0.717, 1.165) is 10.1 Å². The molecule has 0 bridgehead atoms. The highest BCUT2D eigenvalue weighted by Gasteiger charge is 2.30. The Morgan fingerprint density at radius 1 is 1.00 bits per heavy atom. The minimum Gasteiger partial charge on any atom is -0.508 e. The van der Waals surface area contributed by atoms with E-state index in [0.29, 0.717) is 17.0 Å². The van der Waals surface area contributed by atoms with Crippen LogP contribution in [0.4, 0.5) is 5.69 Å². The summed E-state index contributed by atoms with van der Waals surface area (Å²) >= 11 is 0. The van der Waals surface area contributed by atoms with Gasteiger partial charge in [-0.05, 0) is 29.8 Å². The summed E-state index contributed by atoms with van der Waals surface area (Å²) in [5, 5.41) is 12.9. The van der Waals surface area contributed by atoms with Crippen LogP contribution in [0.3, 0.4) is 0 Å². The van der Waals surface area contributed by atoms with Gasteiger partial charge >= 0.3 is 5.69 Å². The van der Waals surface area contributed by atoms with Gasteiger partial charge in [-0.3, -0.25) is 13.9 Å². The highest BCUT2D eigenvalue weighted by molar-refractivity contribution is 5.63. The Bertz CT molecular complexity index is 1110. The summed E-state index contributed by atoms with van der Waals surface area (Å²) in [6.45, 7) is 0. The van der Waals surface area contributed by atoms with Gasteiger partial charge in [-0.2, -0.15) is 0 Å². The lowest BCUT2D eigenvalue weighted by atomic mass is 10.00. The number of aromatic nitrogens is 2. The van der Waals surface area contributed by atoms with E-state index in [4.69, 9.17) is 4.74 Å². The second kappa shape index (κ2) is 5.80. The molecule has 7 nitrogen and oxygen atoms in total. The molecule has 4 rings (SSSR count). The van der Waals surface area contributed by atoms with Crippen LogP contribution in [0.5, 0.6) is 17.4 Å². The van der Waals surface area contributed by atoms with Crippen molar-refractivity contribution in [1.82, 2.24) is 9.13 Å². The highest BCUT2D eigenvalue weighted by atomic mass is 16.5. The molecule has 1 aliphatic rings. The second-order valence-electron chi connectivity index (χ2n) is 6.19. The minimum absolute atomic E-state index is 0.132. The normalized spacial score (nSPS) is 15.2. The summed E-state index contributed by atoms with van der Waals surface area (Å²) in [6.07, 6.45) is 0. The lowest BCUT2D eigenvalue weighted by Crippen LogP contribution is -2.40. The number of para-hydroxylation sites is 2. The zero-order valence-corrected chi connectivity index (χ0v) is 14.3. The number of benzene rings is 2. The van der Waals surface area contributed by atoms with Crippen molar-refractivity contribution in [3.05, 3.63) is 80.5 Å². The van der Waals surface area contributed by atoms with Gasteiger partial charge in [0.15, 0.2) is 5.75 Å². The SMILES string of the molecule is Cn1c2c(c(=O)n(C)c1=O)[C@@H](c1ccc(O)cc1)Nc1ccccc1O2. The predicted octanol–water partition coefficient (Wildman–Crippen LogP) is 2.10. The number of phenolic OH excluding ortho intramolecular Hbond substituents is 1. The Balaban J connectivity index is 2.05. The minimum atomic E-state index is -0.542. The van der Waals surface area contributed by atoms with Gasteiger partial charge < -0.3 is 15.2 Å². The molecule has 0 unspecified atom stereocenters. The lowest BCUT2D eigenvalue weighted by Gasteiger charge is -2.20. The van der Waals surface area contributed by atoms with Crippen LogP contribution >= 0.6 is 0 Å². The molecule has 26 heavy (non-hydrogen) atoms. The first kappa shape index (κ1) is 16.0.